The van der Waals surface area contributed by atoms with E-state index < -0.39 is 11.5 Å². The van der Waals surface area contributed by atoms with Crippen molar-refractivity contribution in [2.45, 2.75) is 19.4 Å². The fraction of sp³-hybridized carbons (Fsp3) is 0.800. The Morgan fingerprint density at radius 3 is 2.44 bits per heavy atom. The zero-order chi connectivity index (χ0) is 12.8. The highest BCUT2D eigenvalue weighted by Crippen LogP contribution is 2.11. The first-order chi connectivity index (χ1) is 7.34. The van der Waals surface area contributed by atoms with Crippen LogP contribution in [0.2, 0.25) is 0 Å². The first-order valence-electron chi connectivity index (χ1n) is 5.03. The van der Waals surface area contributed by atoms with Gasteiger partial charge in [-0.15, -0.1) is 0 Å². The van der Waals surface area contributed by atoms with E-state index in [1.54, 1.807) is 7.11 Å². The number of amides is 1. The van der Waals surface area contributed by atoms with Gasteiger partial charge in [0.15, 0.2) is 0 Å². The molecule has 0 radical (unpaired) electrons. The van der Waals surface area contributed by atoms with Gasteiger partial charge in [0.1, 0.15) is 5.54 Å². The number of rotatable bonds is 7. The van der Waals surface area contributed by atoms with E-state index in [4.69, 9.17) is 9.84 Å². The molecule has 0 saturated carbocycles. The van der Waals surface area contributed by atoms with Crippen molar-refractivity contribution in [3.63, 3.8) is 0 Å². The monoisotopic (exact) mass is 232 g/mol. The molecule has 6 nitrogen and oxygen atoms in total. The number of hydrogen-bond donors (Lipinski definition) is 2. The molecule has 0 aliphatic heterocycles. The van der Waals surface area contributed by atoms with Gasteiger partial charge in [-0.05, 0) is 13.8 Å². The molecule has 0 bridgehead atoms. The van der Waals surface area contributed by atoms with Crippen LogP contribution >= 0.6 is 0 Å². The largest absolute Gasteiger partial charge is 0.480 e. The Kier molecular flexibility index (Phi) is 5.98. The minimum atomic E-state index is -1.19. The standard InChI is InChI=1S/C10H20N2O4/c1-10(2,9(14)15)12(3)8(13)7-11-5-6-16-4/h11H,5-7H2,1-4H3,(H,14,15). The fourth-order valence-electron chi connectivity index (χ4n) is 0.943. The molecule has 1 amide bonds. The minimum Gasteiger partial charge on any atom is -0.480 e. The molecule has 0 fully saturated rings. The van der Waals surface area contributed by atoms with Crippen LogP contribution in [-0.2, 0) is 14.3 Å². The maximum Gasteiger partial charge on any atom is 0.329 e. The maximum atomic E-state index is 11.6. The summed E-state index contributed by atoms with van der Waals surface area (Å²) in [6.07, 6.45) is 0. The molecule has 0 heterocycles. The van der Waals surface area contributed by atoms with Gasteiger partial charge in [-0.2, -0.15) is 0 Å². The van der Waals surface area contributed by atoms with Gasteiger partial charge in [-0.25, -0.2) is 4.79 Å². The van der Waals surface area contributed by atoms with E-state index in [-0.39, 0.29) is 12.5 Å². The van der Waals surface area contributed by atoms with Crippen molar-refractivity contribution in [3.8, 4) is 0 Å². The number of nitrogens with zero attached hydrogens (tertiary/aromatic N) is 1. The molecular formula is C10H20N2O4. The second-order valence-electron chi connectivity index (χ2n) is 3.99. The number of nitrogens with one attached hydrogen (secondary N) is 1. The molecule has 0 aliphatic rings. The molecule has 94 valence electrons. The lowest BCUT2D eigenvalue weighted by atomic mass is 10.0. The Bertz CT molecular complexity index is 253. The number of carbonyl (C=O) groups excluding carboxylic acids is 1. The Labute approximate surface area is 95.6 Å². The number of hydrogen-bond acceptors (Lipinski definition) is 4. The highest BCUT2D eigenvalue weighted by atomic mass is 16.5. The summed E-state index contributed by atoms with van der Waals surface area (Å²) in [4.78, 5) is 23.7. The van der Waals surface area contributed by atoms with Crippen molar-refractivity contribution in [3.05, 3.63) is 0 Å². The van der Waals surface area contributed by atoms with Crippen LogP contribution in [0.15, 0.2) is 0 Å². The molecule has 0 rings (SSSR count). The first kappa shape index (κ1) is 14.9. The van der Waals surface area contributed by atoms with Gasteiger partial charge < -0.3 is 20.1 Å². The van der Waals surface area contributed by atoms with Gasteiger partial charge in [0.2, 0.25) is 5.91 Å². The highest BCUT2D eigenvalue weighted by molar-refractivity contribution is 5.87. The summed E-state index contributed by atoms with van der Waals surface area (Å²) in [7, 11) is 3.05. The maximum absolute atomic E-state index is 11.6. The second kappa shape index (κ2) is 6.44. The van der Waals surface area contributed by atoms with Crippen molar-refractivity contribution in [2.75, 3.05) is 33.9 Å². The summed E-state index contributed by atoms with van der Waals surface area (Å²) in [5.74, 6) is -1.29. The van der Waals surface area contributed by atoms with Crippen molar-refractivity contribution in [1.29, 1.82) is 0 Å². The van der Waals surface area contributed by atoms with Crippen LogP contribution in [0.25, 0.3) is 0 Å². The summed E-state index contributed by atoms with van der Waals surface area (Å²) in [5, 5.41) is 11.8. The van der Waals surface area contributed by atoms with Gasteiger partial charge in [-0.3, -0.25) is 4.79 Å². The zero-order valence-electron chi connectivity index (χ0n) is 10.2. The summed E-state index contributed by atoms with van der Waals surface area (Å²) < 4.78 is 4.81. The molecule has 0 atom stereocenters. The summed E-state index contributed by atoms with van der Waals surface area (Å²) in [5.41, 5.74) is -1.19. The number of ether oxygens (including phenoxy) is 1. The third-order valence-corrected chi connectivity index (χ3v) is 2.50. The molecule has 6 heteroatoms. The number of aliphatic carboxylic acids is 1. The van der Waals surface area contributed by atoms with E-state index in [0.29, 0.717) is 13.2 Å². The number of methoxy groups -OCH3 is 1. The van der Waals surface area contributed by atoms with Crippen LogP contribution in [0.5, 0.6) is 0 Å². The normalized spacial score (nSPS) is 11.2. The molecule has 0 spiro atoms. The molecule has 2 N–H and O–H groups in total. The minimum absolute atomic E-state index is 0.108. The van der Waals surface area contributed by atoms with Crippen LogP contribution in [0, 0.1) is 0 Å². The zero-order valence-corrected chi connectivity index (χ0v) is 10.2. The number of carboxylic acid groups (broad SMARTS) is 1. The Morgan fingerprint density at radius 2 is 2.00 bits per heavy atom. The van der Waals surface area contributed by atoms with Crippen LogP contribution in [-0.4, -0.2) is 61.3 Å². The average molecular weight is 232 g/mol. The lowest BCUT2D eigenvalue weighted by molar-refractivity contribution is -0.154. The summed E-state index contributed by atoms with van der Waals surface area (Å²) in [6, 6.07) is 0. The van der Waals surface area contributed by atoms with Crippen molar-refractivity contribution < 1.29 is 19.4 Å². The van der Waals surface area contributed by atoms with Crippen LogP contribution in [0.3, 0.4) is 0 Å². The lowest BCUT2D eigenvalue weighted by Gasteiger charge is -2.31. The predicted molar refractivity (Wildman–Crippen MR) is 59.2 cm³/mol. The molecule has 0 aromatic rings. The predicted octanol–water partition coefficient (Wildman–Crippen LogP) is -0.456. The number of carboxylic acids is 1. The smallest absolute Gasteiger partial charge is 0.329 e. The summed E-state index contributed by atoms with van der Waals surface area (Å²) in [6.45, 7) is 4.16. The molecule has 0 aromatic heterocycles. The van der Waals surface area contributed by atoms with Gasteiger partial charge in [0.25, 0.3) is 0 Å². The van der Waals surface area contributed by atoms with Gasteiger partial charge in [-0.1, -0.05) is 0 Å². The van der Waals surface area contributed by atoms with Crippen molar-refractivity contribution in [1.82, 2.24) is 10.2 Å². The van der Waals surface area contributed by atoms with E-state index in [1.807, 2.05) is 0 Å². The Balaban J connectivity index is 4.13. The van der Waals surface area contributed by atoms with E-state index >= 15 is 0 Å². The third-order valence-electron chi connectivity index (χ3n) is 2.50. The van der Waals surface area contributed by atoms with Gasteiger partial charge in [0, 0.05) is 20.7 Å². The van der Waals surface area contributed by atoms with Crippen LogP contribution in [0.1, 0.15) is 13.8 Å². The topological polar surface area (TPSA) is 78.9 Å². The van der Waals surface area contributed by atoms with E-state index in [9.17, 15) is 9.59 Å². The molecule has 16 heavy (non-hydrogen) atoms. The van der Waals surface area contributed by atoms with E-state index in [2.05, 4.69) is 5.32 Å². The molecular weight excluding hydrogens is 212 g/mol. The van der Waals surface area contributed by atoms with Crippen molar-refractivity contribution >= 4 is 11.9 Å². The quantitative estimate of drug-likeness (QED) is 0.581. The SMILES string of the molecule is COCCNCC(=O)N(C)C(C)(C)C(=O)O. The molecule has 0 aliphatic carbocycles. The number of likely N-dealkylation sites (N-methyl/N-ethyl adjacent to an activating group) is 1. The molecule has 0 unspecified atom stereocenters. The van der Waals surface area contributed by atoms with E-state index in [0.717, 1.165) is 0 Å². The Hall–Kier alpha value is -1.14. The Morgan fingerprint density at radius 1 is 1.44 bits per heavy atom. The lowest BCUT2D eigenvalue weighted by Crippen LogP contribution is -2.53. The molecule has 0 saturated heterocycles. The van der Waals surface area contributed by atoms with Gasteiger partial charge >= 0.3 is 5.97 Å². The van der Waals surface area contributed by atoms with Crippen LogP contribution in [0.4, 0.5) is 0 Å². The van der Waals surface area contributed by atoms with E-state index in [1.165, 1.54) is 25.8 Å². The average Bonchev–Trinajstić information content (AvgIpc) is 2.22. The fourth-order valence-corrected chi connectivity index (χ4v) is 0.943. The second-order valence-corrected chi connectivity index (χ2v) is 3.99. The highest BCUT2D eigenvalue weighted by Gasteiger charge is 2.34. The van der Waals surface area contributed by atoms with Crippen molar-refractivity contribution in [2.24, 2.45) is 0 Å². The van der Waals surface area contributed by atoms with Crippen LogP contribution < -0.4 is 5.32 Å². The first-order valence-corrected chi connectivity index (χ1v) is 5.03. The number of carbonyl (C=O) groups is 2. The molecule has 0 aromatic carbocycles. The van der Waals surface area contributed by atoms with Gasteiger partial charge in [0.05, 0.1) is 13.2 Å². The third kappa shape index (κ3) is 4.16. The summed E-state index contributed by atoms with van der Waals surface area (Å²) >= 11 is 0.